The molecule has 3 aromatic carbocycles. The molecule has 0 spiro atoms. The maximum atomic E-state index is 5.24. The van der Waals surface area contributed by atoms with Gasteiger partial charge in [-0.1, -0.05) is 80.6 Å². The van der Waals surface area contributed by atoms with Crippen molar-refractivity contribution < 1.29 is 0 Å². The predicted molar refractivity (Wildman–Crippen MR) is 138 cm³/mol. The molecule has 1 heterocycles. The summed E-state index contributed by atoms with van der Waals surface area (Å²) in [6.07, 6.45) is 5.32. The van der Waals surface area contributed by atoms with Crippen LogP contribution in [-0.4, -0.2) is 29.7 Å². The van der Waals surface area contributed by atoms with Crippen molar-refractivity contribution in [2.75, 3.05) is 13.1 Å². The third kappa shape index (κ3) is 3.85. The highest BCUT2D eigenvalue weighted by atomic mass is 15.2. The van der Waals surface area contributed by atoms with E-state index in [0.717, 1.165) is 28.4 Å². The van der Waals surface area contributed by atoms with Crippen LogP contribution in [0, 0.1) is 11.8 Å². The highest BCUT2D eigenvalue weighted by Gasteiger charge is 2.49. The SMILES string of the molecule is CC1C2Cc3ccc(N=C(c4ccccc4)c4ccccc4)cc3C1(C)CCN2CC1CC1. The monoisotopic (exact) mass is 434 g/mol. The lowest BCUT2D eigenvalue weighted by Crippen LogP contribution is -2.58. The van der Waals surface area contributed by atoms with Crippen molar-refractivity contribution in [3.05, 3.63) is 101 Å². The van der Waals surface area contributed by atoms with Crippen LogP contribution in [0.5, 0.6) is 0 Å². The van der Waals surface area contributed by atoms with E-state index in [9.17, 15) is 0 Å². The zero-order valence-corrected chi connectivity index (χ0v) is 19.9. The molecule has 0 amide bonds. The molecule has 168 valence electrons. The number of likely N-dealkylation sites (tertiary alicyclic amines) is 1. The molecular weight excluding hydrogens is 400 g/mol. The van der Waals surface area contributed by atoms with Gasteiger partial charge in [-0.2, -0.15) is 0 Å². The van der Waals surface area contributed by atoms with Crippen LogP contribution in [0.15, 0.2) is 83.9 Å². The van der Waals surface area contributed by atoms with Gasteiger partial charge in [0.1, 0.15) is 0 Å². The van der Waals surface area contributed by atoms with E-state index < -0.39 is 0 Å². The molecule has 0 aromatic heterocycles. The van der Waals surface area contributed by atoms with Crippen LogP contribution < -0.4 is 0 Å². The summed E-state index contributed by atoms with van der Waals surface area (Å²) in [6.45, 7) is 7.58. The number of rotatable bonds is 5. The third-order valence-electron chi connectivity index (χ3n) is 8.63. The van der Waals surface area contributed by atoms with E-state index in [0.29, 0.717) is 12.0 Å². The summed E-state index contributed by atoms with van der Waals surface area (Å²) in [5.74, 6) is 1.65. The molecule has 2 aliphatic carbocycles. The second kappa shape index (κ2) is 8.25. The molecular formula is C31H34N2. The maximum Gasteiger partial charge on any atom is 0.0781 e. The van der Waals surface area contributed by atoms with Gasteiger partial charge >= 0.3 is 0 Å². The first-order valence-corrected chi connectivity index (χ1v) is 12.7. The first-order valence-electron chi connectivity index (χ1n) is 12.7. The Balaban J connectivity index is 1.39. The second-order valence-corrected chi connectivity index (χ2v) is 10.7. The maximum absolute atomic E-state index is 5.24. The number of nitrogens with zero attached hydrogens (tertiary/aromatic N) is 2. The summed E-state index contributed by atoms with van der Waals surface area (Å²) < 4.78 is 0. The number of aliphatic imine (C=N–C) groups is 1. The largest absolute Gasteiger partial charge is 0.299 e. The zero-order chi connectivity index (χ0) is 22.4. The molecule has 3 aromatic rings. The van der Waals surface area contributed by atoms with Crippen LogP contribution in [0.1, 0.15) is 55.4 Å². The van der Waals surface area contributed by atoms with E-state index in [1.807, 2.05) is 0 Å². The molecule has 1 saturated heterocycles. The van der Waals surface area contributed by atoms with Crippen molar-refractivity contribution >= 4 is 11.4 Å². The minimum atomic E-state index is 0.240. The van der Waals surface area contributed by atoms with Crippen molar-refractivity contribution in [1.82, 2.24) is 4.90 Å². The molecule has 1 aliphatic heterocycles. The molecule has 33 heavy (non-hydrogen) atoms. The average Bonchev–Trinajstić information content (AvgIpc) is 3.67. The normalized spacial score (nSPS) is 26.5. The van der Waals surface area contributed by atoms with Crippen LogP contribution in [0.25, 0.3) is 0 Å². The van der Waals surface area contributed by atoms with Gasteiger partial charge in [0.25, 0.3) is 0 Å². The van der Waals surface area contributed by atoms with Crippen molar-refractivity contribution in [3.8, 4) is 0 Å². The second-order valence-electron chi connectivity index (χ2n) is 10.7. The molecule has 2 nitrogen and oxygen atoms in total. The van der Waals surface area contributed by atoms with Gasteiger partial charge in [0.2, 0.25) is 0 Å². The fraction of sp³-hybridized carbons (Fsp3) is 0.387. The molecule has 0 N–H and O–H groups in total. The van der Waals surface area contributed by atoms with Gasteiger partial charge in [0.05, 0.1) is 11.4 Å². The summed E-state index contributed by atoms with van der Waals surface area (Å²) in [7, 11) is 0. The number of hydrogen-bond acceptors (Lipinski definition) is 2. The summed E-state index contributed by atoms with van der Waals surface area (Å²) in [5.41, 5.74) is 7.76. The van der Waals surface area contributed by atoms with Crippen LogP contribution in [0.2, 0.25) is 0 Å². The number of hydrogen-bond donors (Lipinski definition) is 0. The Morgan fingerprint density at radius 1 is 0.939 bits per heavy atom. The van der Waals surface area contributed by atoms with Crippen LogP contribution in [0.3, 0.4) is 0 Å². The summed E-state index contributed by atoms with van der Waals surface area (Å²) >= 11 is 0. The molecule has 0 radical (unpaired) electrons. The Labute approximate surface area is 198 Å². The Morgan fingerprint density at radius 3 is 2.24 bits per heavy atom. The lowest BCUT2D eigenvalue weighted by molar-refractivity contribution is 0.0284. The van der Waals surface area contributed by atoms with Crippen molar-refractivity contribution in [2.24, 2.45) is 16.8 Å². The molecule has 2 fully saturated rings. The Bertz CT molecular complexity index is 1120. The van der Waals surface area contributed by atoms with Crippen molar-refractivity contribution in [1.29, 1.82) is 0 Å². The topological polar surface area (TPSA) is 15.6 Å². The molecule has 2 heteroatoms. The Morgan fingerprint density at radius 2 is 1.61 bits per heavy atom. The van der Waals surface area contributed by atoms with Gasteiger partial charge in [0.15, 0.2) is 0 Å². The number of benzene rings is 3. The summed E-state index contributed by atoms with van der Waals surface area (Å²) in [6, 6.07) is 28.9. The summed E-state index contributed by atoms with van der Waals surface area (Å²) in [5, 5.41) is 0. The minimum Gasteiger partial charge on any atom is -0.299 e. The molecule has 6 rings (SSSR count). The Hall–Kier alpha value is -2.71. The van der Waals surface area contributed by atoms with Crippen molar-refractivity contribution in [2.45, 2.75) is 51.0 Å². The average molecular weight is 435 g/mol. The van der Waals surface area contributed by atoms with E-state index in [4.69, 9.17) is 4.99 Å². The van der Waals surface area contributed by atoms with Gasteiger partial charge in [-0.3, -0.25) is 4.90 Å². The first-order chi connectivity index (χ1) is 16.1. The third-order valence-corrected chi connectivity index (χ3v) is 8.63. The Kier molecular flexibility index (Phi) is 5.22. The van der Waals surface area contributed by atoms with Gasteiger partial charge < -0.3 is 0 Å². The molecule has 1 saturated carbocycles. The lowest BCUT2D eigenvalue weighted by atomic mass is 9.59. The van der Waals surface area contributed by atoms with E-state index in [1.54, 1.807) is 11.1 Å². The van der Waals surface area contributed by atoms with E-state index in [-0.39, 0.29) is 5.41 Å². The molecule has 3 atom stereocenters. The zero-order valence-electron chi connectivity index (χ0n) is 19.9. The van der Waals surface area contributed by atoms with Gasteiger partial charge in [-0.15, -0.1) is 0 Å². The molecule has 3 unspecified atom stereocenters. The van der Waals surface area contributed by atoms with Gasteiger partial charge in [-0.05, 0) is 72.7 Å². The van der Waals surface area contributed by atoms with Crippen LogP contribution in [0.4, 0.5) is 5.69 Å². The first kappa shape index (κ1) is 20.9. The lowest BCUT2D eigenvalue weighted by Gasteiger charge is -2.54. The fourth-order valence-electron chi connectivity index (χ4n) is 6.24. The van der Waals surface area contributed by atoms with Gasteiger partial charge in [0, 0.05) is 23.7 Å². The molecule has 3 aliphatic rings. The predicted octanol–water partition coefficient (Wildman–Crippen LogP) is 6.79. The van der Waals surface area contributed by atoms with E-state index in [2.05, 4.69) is 97.6 Å². The standard InChI is InChI=1S/C31H34N2/c1-22-29-19-26-15-16-27(20-28(26)31(22,2)17-18-33(29)21-23-13-14-23)32-30(24-9-5-3-6-10-24)25-11-7-4-8-12-25/h3-12,15-16,20,22-23,29H,13-14,17-19,21H2,1-2H3. The molecule has 2 bridgehead atoms. The number of piperidine rings is 1. The quantitative estimate of drug-likeness (QED) is 0.404. The van der Waals surface area contributed by atoms with E-state index in [1.165, 1.54) is 38.8 Å². The highest BCUT2D eigenvalue weighted by molar-refractivity contribution is 6.13. The summed E-state index contributed by atoms with van der Waals surface area (Å²) in [4.78, 5) is 8.06. The highest BCUT2D eigenvalue weighted by Crippen LogP contribution is 2.50. The van der Waals surface area contributed by atoms with Crippen LogP contribution >= 0.6 is 0 Å². The van der Waals surface area contributed by atoms with Crippen molar-refractivity contribution in [3.63, 3.8) is 0 Å². The number of fused-ring (bicyclic) bond motifs is 4. The minimum absolute atomic E-state index is 0.240. The van der Waals surface area contributed by atoms with E-state index >= 15 is 0 Å². The fourth-order valence-corrected chi connectivity index (χ4v) is 6.24. The smallest absolute Gasteiger partial charge is 0.0781 e. The van der Waals surface area contributed by atoms with Gasteiger partial charge in [-0.25, -0.2) is 4.99 Å². The van der Waals surface area contributed by atoms with Crippen LogP contribution in [-0.2, 0) is 11.8 Å².